The molecule has 0 aliphatic heterocycles. The lowest BCUT2D eigenvalue weighted by atomic mass is 9.84. The first-order valence-corrected chi connectivity index (χ1v) is 13.2. The molecule has 0 unspecified atom stereocenters. The van der Waals surface area contributed by atoms with Crippen LogP contribution in [0.4, 0.5) is 0 Å². The molecule has 6 rings (SSSR count). The number of rotatable bonds is 4. The van der Waals surface area contributed by atoms with Crippen LogP contribution in [-0.4, -0.2) is 5.78 Å². The van der Waals surface area contributed by atoms with Gasteiger partial charge >= 0.3 is 0 Å². The minimum absolute atomic E-state index is 0.0512. The van der Waals surface area contributed by atoms with Gasteiger partial charge < -0.3 is 0 Å². The Labute approximate surface area is 224 Å². The molecule has 0 radical (unpaired) electrons. The molecule has 184 valence electrons. The molecule has 0 heterocycles. The van der Waals surface area contributed by atoms with E-state index in [0.717, 1.165) is 22.3 Å². The van der Waals surface area contributed by atoms with Crippen molar-refractivity contribution >= 4 is 27.3 Å². The number of benzene rings is 6. The van der Waals surface area contributed by atoms with Crippen LogP contribution in [0.2, 0.25) is 0 Å². The van der Waals surface area contributed by atoms with Crippen LogP contribution in [0.15, 0.2) is 109 Å². The quantitative estimate of drug-likeness (QED) is 0.225. The van der Waals surface area contributed by atoms with Crippen molar-refractivity contribution in [1.82, 2.24) is 0 Å². The lowest BCUT2D eigenvalue weighted by molar-refractivity contribution is 0.103. The minimum Gasteiger partial charge on any atom is -0.289 e. The van der Waals surface area contributed by atoms with Gasteiger partial charge in [0.2, 0.25) is 0 Å². The van der Waals surface area contributed by atoms with Crippen molar-refractivity contribution in [2.24, 2.45) is 0 Å². The number of ketones is 1. The SMILES string of the molecule is Cc1ccc(C(=O)c2ccc(C)c(-c3cc(C)c(-c4c(C)ccc5ccccc45)c4ccccc34)c2)cc1. The Bertz CT molecular complexity index is 1860. The van der Waals surface area contributed by atoms with Crippen LogP contribution in [0.25, 0.3) is 43.8 Å². The number of carbonyl (C=O) groups is 1. The summed E-state index contributed by atoms with van der Waals surface area (Å²) in [5, 5.41) is 4.95. The summed E-state index contributed by atoms with van der Waals surface area (Å²) in [6.45, 7) is 8.58. The second kappa shape index (κ2) is 9.43. The molecule has 0 bridgehead atoms. The van der Waals surface area contributed by atoms with E-state index in [-0.39, 0.29) is 5.78 Å². The topological polar surface area (TPSA) is 17.1 Å². The Hall–Kier alpha value is -4.49. The number of aryl methyl sites for hydroxylation is 4. The van der Waals surface area contributed by atoms with Gasteiger partial charge in [-0.3, -0.25) is 4.79 Å². The predicted molar refractivity (Wildman–Crippen MR) is 161 cm³/mol. The molecule has 0 saturated carbocycles. The highest BCUT2D eigenvalue weighted by Gasteiger charge is 2.18. The number of fused-ring (bicyclic) bond motifs is 2. The average Bonchev–Trinajstić information content (AvgIpc) is 2.94. The van der Waals surface area contributed by atoms with Crippen molar-refractivity contribution < 1.29 is 4.79 Å². The van der Waals surface area contributed by atoms with Gasteiger partial charge in [-0.1, -0.05) is 109 Å². The molecule has 0 aromatic heterocycles. The molecule has 6 aromatic rings. The van der Waals surface area contributed by atoms with Gasteiger partial charge in [0.15, 0.2) is 5.78 Å². The highest BCUT2D eigenvalue weighted by Crippen LogP contribution is 2.43. The number of hydrogen-bond acceptors (Lipinski definition) is 1. The zero-order valence-corrected chi connectivity index (χ0v) is 22.3. The Morgan fingerprint density at radius 3 is 1.84 bits per heavy atom. The second-order valence-electron chi connectivity index (χ2n) is 10.4. The Kier molecular flexibility index (Phi) is 5.93. The Balaban J connectivity index is 1.58. The van der Waals surface area contributed by atoms with Crippen LogP contribution in [0, 0.1) is 27.7 Å². The van der Waals surface area contributed by atoms with Crippen LogP contribution in [0.1, 0.15) is 38.2 Å². The van der Waals surface area contributed by atoms with Gasteiger partial charge in [-0.15, -0.1) is 0 Å². The van der Waals surface area contributed by atoms with Gasteiger partial charge in [0, 0.05) is 11.1 Å². The van der Waals surface area contributed by atoms with Crippen LogP contribution < -0.4 is 0 Å². The molecule has 0 fully saturated rings. The summed E-state index contributed by atoms with van der Waals surface area (Å²) < 4.78 is 0. The molecule has 0 aliphatic rings. The fourth-order valence-electron chi connectivity index (χ4n) is 5.71. The maximum absolute atomic E-state index is 13.4. The standard InChI is InChI=1S/C37H30O/c1-23-13-17-28(18-14-23)37(38)29-20-15-24(2)33(22-29)34-21-26(4)36(32-12-8-7-11-31(32)34)35-25(3)16-19-27-9-5-6-10-30(27)35/h5-22H,1-4H3. The molecule has 0 amide bonds. The summed E-state index contributed by atoms with van der Waals surface area (Å²) >= 11 is 0. The van der Waals surface area contributed by atoms with Crippen LogP contribution >= 0.6 is 0 Å². The molecule has 0 aliphatic carbocycles. The van der Waals surface area contributed by atoms with E-state index in [1.807, 2.05) is 37.3 Å². The van der Waals surface area contributed by atoms with Crippen molar-refractivity contribution in [3.8, 4) is 22.3 Å². The first-order valence-electron chi connectivity index (χ1n) is 13.2. The van der Waals surface area contributed by atoms with Crippen molar-refractivity contribution in [3.05, 3.63) is 143 Å². The summed E-state index contributed by atoms with van der Waals surface area (Å²) in [6.07, 6.45) is 0. The van der Waals surface area contributed by atoms with E-state index in [0.29, 0.717) is 11.1 Å². The van der Waals surface area contributed by atoms with Crippen molar-refractivity contribution in [3.63, 3.8) is 0 Å². The van der Waals surface area contributed by atoms with E-state index in [1.165, 1.54) is 43.8 Å². The van der Waals surface area contributed by atoms with Gasteiger partial charge in [-0.05, 0) is 94.3 Å². The van der Waals surface area contributed by atoms with Crippen LogP contribution in [0.3, 0.4) is 0 Å². The van der Waals surface area contributed by atoms with E-state index >= 15 is 0 Å². The predicted octanol–water partition coefficient (Wildman–Crippen LogP) is 9.79. The van der Waals surface area contributed by atoms with E-state index < -0.39 is 0 Å². The third kappa shape index (κ3) is 4.01. The molecular formula is C37H30O. The fourth-order valence-corrected chi connectivity index (χ4v) is 5.71. The normalized spacial score (nSPS) is 11.3. The molecule has 1 nitrogen and oxygen atoms in total. The first-order chi connectivity index (χ1) is 18.4. The molecular weight excluding hydrogens is 460 g/mol. The minimum atomic E-state index is 0.0512. The van der Waals surface area contributed by atoms with E-state index in [1.54, 1.807) is 0 Å². The molecule has 0 saturated heterocycles. The zero-order chi connectivity index (χ0) is 26.4. The summed E-state index contributed by atoms with van der Waals surface area (Å²) in [5.41, 5.74) is 11.1. The molecule has 1 heteroatoms. The molecule has 6 aromatic carbocycles. The highest BCUT2D eigenvalue weighted by atomic mass is 16.1. The van der Waals surface area contributed by atoms with Crippen LogP contribution in [-0.2, 0) is 0 Å². The Morgan fingerprint density at radius 2 is 1.08 bits per heavy atom. The number of hydrogen-bond donors (Lipinski definition) is 0. The van der Waals surface area contributed by atoms with Gasteiger partial charge in [0.25, 0.3) is 0 Å². The lowest BCUT2D eigenvalue weighted by Gasteiger charge is -2.20. The summed E-state index contributed by atoms with van der Waals surface area (Å²) in [6, 6.07) is 38.0. The molecule has 0 N–H and O–H groups in total. The molecule has 0 spiro atoms. The first kappa shape index (κ1) is 23.9. The van der Waals surface area contributed by atoms with E-state index in [9.17, 15) is 4.79 Å². The van der Waals surface area contributed by atoms with Gasteiger partial charge in [0.05, 0.1) is 0 Å². The monoisotopic (exact) mass is 490 g/mol. The van der Waals surface area contributed by atoms with Crippen molar-refractivity contribution in [1.29, 1.82) is 0 Å². The van der Waals surface area contributed by atoms with Gasteiger partial charge in [0.1, 0.15) is 0 Å². The lowest BCUT2D eigenvalue weighted by Crippen LogP contribution is -2.02. The van der Waals surface area contributed by atoms with Crippen molar-refractivity contribution in [2.75, 3.05) is 0 Å². The van der Waals surface area contributed by atoms with Gasteiger partial charge in [-0.2, -0.15) is 0 Å². The zero-order valence-electron chi connectivity index (χ0n) is 22.3. The summed E-state index contributed by atoms with van der Waals surface area (Å²) in [5.74, 6) is 0.0512. The van der Waals surface area contributed by atoms with E-state index in [4.69, 9.17) is 0 Å². The third-order valence-electron chi connectivity index (χ3n) is 7.73. The van der Waals surface area contributed by atoms with Gasteiger partial charge in [-0.25, -0.2) is 0 Å². The third-order valence-corrected chi connectivity index (χ3v) is 7.73. The summed E-state index contributed by atoms with van der Waals surface area (Å²) in [4.78, 5) is 13.4. The number of carbonyl (C=O) groups excluding carboxylic acids is 1. The maximum atomic E-state index is 13.4. The molecule has 38 heavy (non-hydrogen) atoms. The maximum Gasteiger partial charge on any atom is 0.193 e. The smallest absolute Gasteiger partial charge is 0.193 e. The Morgan fingerprint density at radius 1 is 0.474 bits per heavy atom. The van der Waals surface area contributed by atoms with Crippen molar-refractivity contribution in [2.45, 2.75) is 27.7 Å². The van der Waals surface area contributed by atoms with Crippen LogP contribution in [0.5, 0.6) is 0 Å². The highest BCUT2D eigenvalue weighted by molar-refractivity contribution is 6.13. The largest absolute Gasteiger partial charge is 0.289 e. The summed E-state index contributed by atoms with van der Waals surface area (Å²) in [7, 11) is 0. The fraction of sp³-hybridized carbons (Fsp3) is 0.108. The second-order valence-corrected chi connectivity index (χ2v) is 10.4. The van der Waals surface area contributed by atoms with E-state index in [2.05, 4.69) is 99.6 Å². The average molecular weight is 491 g/mol. The molecule has 0 atom stereocenters.